The summed E-state index contributed by atoms with van der Waals surface area (Å²) in [6.45, 7) is 3.59. The summed E-state index contributed by atoms with van der Waals surface area (Å²) in [5.74, 6) is 0.0696. The third-order valence-corrected chi connectivity index (χ3v) is 3.72. The minimum absolute atomic E-state index is 0.0696. The number of hydrogen-bond donors (Lipinski definition) is 0. The normalized spacial score (nSPS) is 12.6. The van der Waals surface area contributed by atoms with Crippen LogP contribution < -0.4 is 0 Å². The van der Waals surface area contributed by atoms with Gasteiger partial charge in [-0.2, -0.15) is 0 Å². The molecule has 0 saturated carbocycles. The van der Waals surface area contributed by atoms with Crippen molar-refractivity contribution in [2.24, 2.45) is 0 Å². The maximum absolute atomic E-state index is 11.2. The SMILES string of the molecule is CCc1cccc(C(Br)C(C)=O)c1Cl. The standard InChI is InChI=1S/C11H12BrClO/c1-3-8-5-4-6-9(11(8)13)10(12)7(2)14/h4-6,10H,3H2,1-2H3. The van der Waals surface area contributed by atoms with E-state index in [0.29, 0.717) is 5.02 Å². The summed E-state index contributed by atoms with van der Waals surface area (Å²) < 4.78 is 0. The van der Waals surface area contributed by atoms with Crippen molar-refractivity contribution < 1.29 is 4.79 Å². The predicted molar refractivity (Wildman–Crippen MR) is 63.2 cm³/mol. The van der Waals surface area contributed by atoms with Gasteiger partial charge in [-0.1, -0.05) is 52.7 Å². The molecular formula is C11H12BrClO. The van der Waals surface area contributed by atoms with Gasteiger partial charge in [0, 0.05) is 5.02 Å². The molecule has 0 aliphatic rings. The number of hydrogen-bond acceptors (Lipinski definition) is 1. The summed E-state index contributed by atoms with van der Waals surface area (Å²) in [7, 11) is 0. The molecule has 3 heteroatoms. The number of Topliss-reactive ketones (excluding diaryl/α,β-unsaturated/α-hetero) is 1. The van der Waals surface area contributed by atoms with Gasteiger partial charge < -0.3 is 0 Å². The Labute approximate surface area is 97.6 Å². The van der Waals surface area contributed by atoms with E-state index >= 15 is 0 Å². The number of rotatable bonds is 3. The molecule has 1 aromatic carbocycles. The first-order valence-corrected chi connectivity index (χ1v) is 5.79. The highest BCUT2D eigenvalue weighted by Gasteiger charge is 2.16. The zero-order chi connectivity index (χ0) is 10.7. The van der Waals surface area contributed by atoms with Crippen molar-refractivity contribution in [2.45, 2.75) is 25.1 Å². The molecule has 1 aromatic rings. The second kappa shape index (κ2) is 4.94. The molecule has 0 saturated heterocycles. The molecule has 0 heterocycles. The first-order chi connectivity index (χ1) is 6.57. The van der Waals surface area contributed by atoms with E-state index < -0.39 is 0 Å². The fourth-order valence-electron chi connectivity index (χ4n) is 1.29. The van der Waals surface area contributed by atoms with Crippen molar-refractivity contribution >= 4 is 33.3 Å². The highest BCUT2D eigenvalue weighted by atomic mass is 79.9. The van der Waals surface area contributed by atoms with Crippen LogP contribution in [-0.2, 0) is 11.2 Å². The second-order valence-electron chi connectivity index (χ2n) is 3.15. The molecule has 0 aromatic heterocycles. The lowest BCUT2D eigenvalue weighted by atomic mass is 10.0. The Morgan fingerprint density at radius 3 is 2.71 bits per heavy atom. The van der Waals surface area contributed by atoms with E-state index in [1.54, 1.807) is 6.92 Å². The summed E-state index contributed by atoms with van der Waals surface area (Å²) in [6, 6.07) is 5.78. The fourth-order valence-corrected chi connectivity index (χ4v) is 2.17. The van der Waals surface area contributed by atoms with Gasteiger partial charge in [-0.3, -0.25) is 4.79 Å². The summed E-state index contributed by atoms with van der Waals surface area (Å²) in [5.41, 5.74) is 1.94. The van der Waals surface area contributed by atoms with E-state index in [0.717, 1.165) is 17.5 Å². The van der Waals surface area contributed by atoms with Gasteiger partial charge in [-0.15, -0.1) is 0 Å². The number of ketones is 1. The van der Waals surface area contributed by atoms with Crippen LogP contribution in [0.2, 0.25) is 5.02 Å². The number of benzene rings is 1. The van der Waals surface area contributed by atoms with Crippen LogP contribution in [0.1, 0.15) is 29.8 Å². The average molecular weight is 276 g/mol. The number of carbonyl (C=O) groups is 1. The number of aryl methyl sites for hydroxylation is 1. The van der Waals surface area contributed by atoms with E-state index in [1.807, 2.05) is 25.1 Å². The lowest BCUT2D eigenvalue weighted by Crippen LogP contribution is -2.02. The maximum atomic E-state index is 11.2. The molecule has 0 spiro atoms. The van der Waals surface area contributed by atoms with Crippen LogP contribution >= 0.6 is 27.5 Å². The molecule has 0 amide bonds. The van der Waals surface area contributed by atoms with Gasteiger partial charge in [0.1, 0.15) is 5.78 Å². The summed E-state index contributed by atoms with van der Waals surface area (Å²) in [4.78, 5) is 10.9. The van der Waals surface area contributed by atoms with Crippen molar-refractivity contribution in [1.29, 1.82) is 0 Å². The monoisotopic (exact) mass is 274 g/mol. The molecule has 0 aliphatic heterocycles. The van der Waals surface area contributed by atoms with Gasteiger partial charge in [-0.05, 0) is 24.5 Å². The Morgan fingerprint density at radius 1 is 1.57 bits per heavy atom. The Hall–Kier alpha value is -0.340. The van der Waals surface area contributed by atoms with E-state index in [-0.39, 0.29) is 10.6 Å². The smallest absolute Gasteiger partial charge is 0.147 e. The fraction of sp³-hybridized carbons (Fsp3) is 0.364. The summed E-state index contributed by atoms with van der Waals surface area (Å²) >= 11 is 9.50. The maximum Gasteiger partial charge on any atom is 0.147 e. The van der Waals surface area contributed by atoms with Crippen LogP contribution in [0.4, 0.5) is 0 Å². The number of carbonyl (C=O) groups excluding carboxylic acids is 1. The Bertz CT molecular complexity index is 349. The first kappa shape index (κ1) is 11.7. The van der Waals surface area contributed by atoms with Gasteiger partial charge >= 0.3 is 0 Å². The minimum Gasteiger partial charge on any atom is -0.298 e. The Kier molecular flexibility index (Phi) is 4.14. The molecule has 1 unspecified atom stereocenters. The lowest BCUT2D eigenvalue weighted by molar-refractivity contribution is -0.116. The molecule has 0 radical (unpaired) electrons. The molecule has 0 bridgehead atoms. The highest BCUT2D eigenvalue weighted by Crippen LogP contribution is 2.32. The molecule has 0 aliphatic carbocycles. The van der Waals surface area contributed by atoms with Crippen LogP contribution in [0.25, 0.3) is 0 Å². The second-order valence-corrected chi connectivity index (χ2v) is 4.44. The van der Waals surface area contributed by atoms with E-state index in [1.165, 1.54) is 0 Å². The van der Waals surface area contributed by atoms with Crippen LogP contribution in [0.3, 0.4) is 0 Å². The average Bonchev–Trinajstić information content (AvgIpc) is 2.17. The summed E-state index contributed by atoms with van der Waals surface area (Å²) in [5, 5.41) is 0.701. The Morgan fingerprint density at radius 2 is 2.21 bits per heavy atom. The zero-order valence-corrected chi connectivity index (χ0v) is 10.5. The first-order valence-electron chi connectivity index (χ1n) is 4.49. The van der Waals surface area contributed by atoms with Crippen LogP contribution in [-0.4, -0.2) is 5.78 Å². The van der Waals surface area contributed by atoms with Gasteiger partial charge in [0.25, 0.3) is 0 Å². The molecule has 1 rings (SSSR count). The zero-order valence-electron chi connectivity index (χ0n) is 8.18. The van der Waals surface area contributed by atoms with Crippen LogP contribution in [0.15, 0.2) is 18.2 Å². The Balaban J connectivity index is 3.15. The van der Waals surface area contributed by atoms with Crippen molar-refractivity contribution in [3.8, 4) is 0 Å². The number of alkyl halides is 1. The molecule has 14 heavy (non-hydrogen) atoms. The molecule has 1 nitrogen and oxygen atoms in total. The molecule has 0 N–H and O–H groups in total. The van der Waals surface area contributed by atoms with Crippen molar-refractivity contribution in [2.75, 3.05) is 0 Å². The quantitative estimate of drug-likeness (QED) is 0.764. The largest absolute Gasteiger partial charge is 0.298 e. The molecule has 76 valence electrons. The van der Waals surface area contributed by atoms with E-state index in [4.69, 9.17) is 11.6 Å². The van der Waals surface area contributed by atoms with Crippen LogP contribution in [0.5, 0.6) is 0 Å². The lowest BCUT2D eigenvalue weighted by Gasteiger charge is -2.11. The third kappa shape index (κ3) is 2.37. The topological polar surface area (TPSA) is 17.1 Å². The van der Waals surface area contributed by atoms with E-state index in [9.17, 15) is 4.79 Å². The number of halogens is 2. The van der Waals surface area contributed by atoms with Gasteiger partial charge in [0.15, 0.2) is 0 Å². The predicted octanol–water partition coefficient (Wildman–Crippen LogP) is 3.93. The van der Waals surface area contributed by atoms with Crippen LogP contribution in [0, 0.1) is 0 Å². The van der Waals surface area contributed by atoms with Crippen molar-refractivity contribution in [1.82, 2.24) is 0 Å². The highest BCUT2D eigenvalue weighted by molar-refractivity contribution is 9.09. The molecule has 1 atom stereocenters. The summed E-state index contributed by atoms with van der Waals surface area (Å²) in [6.07, 6.45) is 0.879. The molecule has 0 fully saturated rings. The minimum atomic E-state index is -0.290. The third-order valence-electron chi connectivity index (χ3n) is 2.12. The van der Waals surface area contributed by atoms with E-state index in [2.05, 4.69) is 15.9 Å². The van der Waals surface area contributed by atoms with Crippen molar-refractivity contribution in [3.05, 3.63) is 34.3 Å². The molecular weight excluding hydrogens is 263 g/mol. The van der Waals surface area contributed by atoms with Crippen molar-refractivity contribution in [3.63, 3.8) is 0 Å². The van der Waals surface area contributed by atoms with Gasteiger partial charge in [0.2, 0.25) is 0 Å². The van der Waals surface area contributed by atoms with Gasteiger partial charge in [-0.25, -0.2) is 0 Å². The van der Waals surface area contributed by atoms with Gasteiger partial charge in [0.05, 0.1) is 4.83 Å².